The molecule has 22 heavy (non-hydrogen) atoms. The number of hydrogen-bond acceptors (Lipinski definition) is 5. The van der Waals surface area contributed by atoms with Crippen LogP contribution in [0.1, 0.15) is 11.1 Å². The van der Waals surface area contributed by atoms with Crippen molar-refractivity contribution in [2.24, 2.45) is 0 Å². The van der Waals surface area contributed by atoms with Crippen molar-refractivity contribution in [2.45, 2.75) is 13.2 Å². The van der Waals surface area contributed by atoms with Gasteiger partial charge in [0.1, 0.15) is 0 Å². The van der Waals surface area contributed by atoms with Crippen LogP contribution in [0.4, 0.5) is 11.4 Å². The lowest BCUT2D eigenvalue weighted by molar-refractivity contribution is 0.291. The summed E-state index contributed by atoms with van der Waals surface area (Å²) in [5.74, 6) is 0. The molecule has 0 saturated heterocycles. The molecular weight excluding hydrogens is 300 g/mol. The Kier molecular flexibility index (Phi) is 4.72. The van der Waals surface area contributed by atoms with Gasteiger partial charge in [-0.05, 0) is 23.3 Å². The molecule has 1 atom stereocenters. The molecule has 0 amide bonds. The third-order valence-corrected chi connectivity index (χ3v) is 3.97. The average molecular weight is 317 g/mol. The second kappa shape index (κ2) is 6.91. The Bertz CT molecular complexity index is 661. The van der Waals surface area contributed by atoms with Gasteiger partial charge in [-0.3, -0.25) is 4.18 Å². The summed E-state index contributed by atoms with van der Waals surface area (Å²) >= 11 is -2.47. The second-order valence-corrected chi connectivity index (χ2v) is 5.79. The van der Waals surface area contributed by atoms with Crippen LogP contribution < -0.4 is 10.2 Å². The fourth-order valence-corrected chi connectivity index (χ4v) is 2.82. The van der Waals surface area contributed by atoms with Crippen LogP contribution in [0.5, 0.6) is 0 Å². The van der Waals surface area contributed by atoms with Gasteiger partial charge in [-0.25, -0.2) is 4.21 Å². The van der Waals surface area contributed by atoms with Crippen molar-refractivity contribution in [3.05, 3.63) is 59.7 Å². The van der Waals surface area contributed by atoms with E-state index in [1.54, 1.807) is 0 Å². The molecule has 0 radical (unpaired) electrons. The summed E-state index contributed by atoms with van der Waals surface area (Å²) in [5.41, 5.74) is 4.40. The summed E-state index contributed by atoms with van der Waals surface area (Å²) in [6.07, 6.45) is 0. The Morgan fingerprint density at radius 3 is 2.64 bits per heavy atom. The summed E-state index contributed by atoms with van der Waals surface area (Å²) in [4.78, 5) is 2.34. The predicted molar refractivity (Wildman–Crippen MR) is 86.1 cm³/mol. The number of para-hydroxylation sites is 2. The maximum absolute atomic E-state index is 10.4. The number of hydrogen-bond donors (Lipinski definition) is 1. The molecule has 5 nitrogen and oxygen atoms in total. The van der Waals surface area contributed by atoms with Gasteiger partial charge in [0.15, 0.2) is 0 Å². The molecule has 2 aromatic carbocycles. The summed E-state index contributed by atoms with van der Waals surface area (Å²) in [7, 11) is 0. The van der Waals surface area contributed by atoms with Crippen LogP contribution in [0.3, 0.4) is 0 Å². The fourth-order valence-electron chi connectivity index (χ4n) is 2.59. The molecule has 0 saturated carbocycles. The highest BCUT2D eigenvalue weighted by Gasteiger charge is 2.15. The largest absolute Gasteiger partial charge is 0.750 e. The van der Waals surface area contributed by atoms with Crippen molar-refractivity contribution in [3.8, 4) is 0 Å². The molecule has 6 heteroatoms. The Hall–Kier alpha value is -1.89. The van der Waals surface area contributed by atoms with E-state index < -0.39 is 11.4 Å². The molecule has 1 heterocycles. The molecule has 0 aliphatic carbocycles. The van der Waals surface area contributed by atoms with Crippen molar-refractivity contribution in [1.29, 1.82) is 0 Å². The standard InChI is InChI=1S/C16H18N2O3S/c19-22(20)21-12-14-7-5-13(6-8-14)11-18-10-9-17-15-3-1-2-4-16(15)18/h1-8,17H,9-12H2,(H,19,20)/p-1. The normalized spacial score (nSPS) is 15.0. The van der Waals surface area contributed by atoms with Crippen molar-refractivity contribution in [2.75, 3.05) is 23.3 Å². The fraction of sp³-hybridized carbons (Fsp3) is 0.250. The highest BCUT2D eigenvalue weighted by molar-refractivity contribution is 7.74. The van der Waals surface area contributed by atoms with Gasteiger partial charge in [-0.1, -0.05) is 36.4 Å². The van der Waals surface area contributed by atoms with Crippen molar-refractivity contribution in [1.82, 2.24) is 0 Å². The first kappa shape index (κ1) is 15.0. The quantitative estimate of drug-likeness (QED) is 0.858. The van der Waals surface area contributed by atoms with Gasteiger partial charge in [0, 0.05) is 19.6 Å². The molecule has 0 fully saturated rings. The molecule has 0 aromatic heterocycles. The summed E-state index contributed by atoms with van der Waals surface area (Å²) < 4.78 is 25.3. The number of anilines is 2. The van der Waals surface area contributed by atoms with E-state index in [1.807, 2.05) is 36.4 Å². The second-order valence-electron chi connectivity index (χ2n) is 5.15. The van der Waals surface area contributed by atoms with Gasteiger partial charge in [-0.15, -0.1) is 0 Å². The lowest BCUT2D eigenvalue weighted by Gasteiger charge is -2.32. The summed E-state index contributed by atoms with van der Waals surface area (Å²) in [6, 6.07) is 16.1. The summed E-state index contributed by atoms with van der Waals surface area (Å²) in [5, 5.41) is 3.40. The SMILES string of the molecule is O=S([O-])OCc1ccc(CN2CCNc3ccccc32)cc1. The van der Waals surface area contributed by atoms with E-state index in [0.29, 0.717) is 0 Å². The zero-order chi connectivity index (χ0) is 15.4. The van der Waals surface area contributed by atoms with E-state index in [2.05, 4.69) is 26.5 Å². The Morgan fingerprint density at radius 1 is 1.14 bits per heavy atom. The third-order valence-electron chi connectivity index (χ3n) is 3.66. The van der Waals surface area contributed by atoms with Gasteiger partial charge in [0.05, 0.1) is 29.3 Å². The molecular formula is C16H17N2O3S-. The molecule has 0 bridgehead atoms. The molecule has 1 aliphatic rings. The first-order valence-corrected chi connectivity index (χ1v) is 8.10. The average Bonchev–Trinajstić information content (AvgIpc) is 2.54. The molecule has 1 aliphatic heterocycles. The Labute approximate surface area is 132 Å². The minimum absolute atomic E-state index is 0.0762. The number of fused-ring (bicyclic) bond motifs is 1. The van der Waals surface area contributed by atoms with Gasteiger partial charge in [-0.2, -0.15) is 0 Å². The molecule has 0 spiro atoms. The van der Waals surface area contributed by atoms with Crippen LogP contribution >= 0.6 is 0 Å². The van der Waals surface area contributed by atoms with Crippen molar-refractivity contribution in [3.63, 3.8) is 0 Å². The van der Waals surface area contributed by atoms with E-state index in [1.165, 1.54) is 11.3 Å². The number of nitrogens with one attached hydrogen (secondary N) is 1. The number of nitrogens with zero attached hydrogens (tertiary/aromatic N) is 1. The van der Waals surface area contributed by atoms with Crippen molar-refractivity contribution < 1.29 is 12.9 Å². The van der Waals surface area contributed by atoms with Crippen LogP contribution in [0.25, 0.3) is 0 Å². The Morgan fingerprint density at radius 2 is 1.86 bits per heavy atom. The van der Waals surface area contributed by atoms with E-state index in [-0.39, 0.29) is 6.61 Å². The maximum atomic E-state index is 10.4. The van der Waals surface area contributed by atoms with Gasteiger partial charge < -0.3 is 14.8 Å². The topological polar surface area (TPSA) is 64.6 Å². The number of benzene rings is 2. The van der Waals surface area contributed by atoms with Crippen LogP contribution in [-0.4, -0.2) is 21.9 Å². The third kappa shape index (κ3) is 3.65. The van der Waals surface area contributed by atoms with Gasteiger partial charge in [0.25, 0.3) is 0 Å². The van der Waals surface area contributed by atoms with Crippen LogP contribution in [0.2, 0.25) is 0 Å². The zero-order valence-electron chi connectivity index (χ0n) is 12.0. The maximum Gasteiger partial charge on any atom is 0.0879 e. The smallest absolute Gasteiger partial charge is 0.0879 e. The summed E-state index contributed by atoms with van der Waals surface area (Å²) in [6.45, 7) is 2.79. The van der Waals surface area contributed by atoms with Crippen LogP contribution in [-0.2, 0) is 28.7 Å². The van der Waals surface area contributed by atoms with E-state index in [4.69, 9.17) is 0 Å². The van der Waals surface area contributed by atoms with Crippen LogP contribution in [0.15, 0.2) is 48.5 Å². The molecule has 2 aromatic rings. The minimum Gasteiger partial charge on any atom is -0.750 e. The highest BCUT2D eigenvalue weighted by Crippen LogP contribution is 2.29. The first-order valence-electron chi connectivity index (χ1n) is 7.10. The molecule has 1 N–H and O–H groups in total. The van der Waals surface area contributed by atoms with Crippen LogP contribution in [0, 0.1) is 0 Å². The lowest BCUT2D eigenvalue weighted by Crippen LogP contribution is -2.33. The van der Waals surface area contributed by atoms with E-state index in [9.17, 15) is 8.76 Å². The van der Waals surface area contributed by atoms with Gasteiger partial charge in [0.2, 0.25) is 0 Å². The van der Waals surface area contributed by atoms with Crippen molar-refractivity contribution >= 4 is 22.7 Å². The highest BCUT2D eigenvalue weighted by atomic mass is 32.2. The predicted octanol–water partition coefficient (Wildman–Crippen LogP) is 2.43. The monoisotopic (exact) mass is 317 g/mol. The van der Waals surface area contributed by atoms with Gasteiger partial charge >= 0.3 is 0 Å². The van der Waals surface area contributed by atoms with E-state index in [0.717, 1.165) is 30.9 Å². The first-order chi connectivity index (χ1) is 10.7. The van der Waals surface area contributed by atoms with E-state index >= 15 is 0 Å². The lowest BCUT2D eigenvalue weighted by atomic mass is 10.1. The minimum atomic E-state index is -2.47. The molecule has 116 valence electrons. The zero-order valence-corrected chi connectivity index (χ0v) is 12.8. The molecule has 3 rings (SSSR count). The molecule has 1 unspecified atom stereocenters. The number of rotatable bonds is 5. The Balaban J connectivity index is 1.68.